The van der Waals surface area contributed by atoms with Gasteiger partial charge in [0.25, 0.3) is 0 Å². The summed E-state index contributed by atoms with van der Waals surface area (Å²) < 4.78 is 60.9. The molecule has 16 heavy (non-hydrogen) atoms. The van der Waals surface area contributed by atoms with Crippen molar-refractivity contribution in [2.75, 3.05) is 5.73 Å². The molecule has 90 valence electrons. The van der Waals surface area contributed by atoms with Crippen molar-refractivity contribution in [3.8, 4) is 5.75 Å². The van der Waals surface area contributed by atoms with Crippen molar-refractivity contribution in [1.82, 2.24) is 0 Å². The first-order valence-electron chi connectivity index (χ1n) is 3.69. The second-order valence-electron chi connectivity index (χ2n) is 2.67. The maximum absolute atomic E-state index is 11.9. The van der Waals surface area contributed by atoms with Crippen molar-refractivity contribution >= 4 is 27.4 Å². The highest BCUT2D eigenvalue weighted by Gasteiger charge is 2.48. The maximum atomic E-state index is 11.9. The Hall–Kier alpha value is -1.15. The summed E-state index contributed by atoms with van der Waals surface area (Å²) >= 11 is 5.45. The van der Waals surface area contributed by atoms with E-state index in [0.717, 1.165) is 18.2 Å². The average Bonchev–Trinajstić information content (AvgIpc) is 2.08. The second-order valence-corrected chi connectivity index (χ2v) is 4.62. The zero-order chi connectivity index (χ0) is 12.6. The number of halogens is 4. The molecule has 0 aliphatic heterocycles. The highest BCUT2D eigenvalue weighted by atomic mass is 35.5. The largest absolute Gasteiger partial charge is 0.534 e. The van der Waals surface area contributed by atoms with E-state index < -0.39 is 21.4 Å². The third-order valence-corrected chi connectivity index (χ3v) is 2.70. The molecule has 0 amide bonds. The second kappa shape index (κ2) is 4.02. The molecule has 0 saturated heterocycles. The van der Waals surface area contributed by atoms with Gasteiger partial charge in [-0.15, -0.1) is 0 Å². The van der Waals surface area contributed by atoms with Crippen LogP contribution in [0.15, 0.2) is 18.2 Å². The minimum absolute atomic E-state index is 0.168. The van der Waals surface area contributed by atoms with E-state index in [2.05, 4.69) is 4.18 Å². The molecule has 0 saturated carbocycles. The molecule has 0 aromatic heterocycles. The predicted molar refractivity (Wildman–Crippen MR) is 51.5 cm³/mol. The number of anilines is 1. The quantitative estimate of drug-likeness (QED) is 0.510. The molecule has 0 radical (unpaired) electrons. The van der Waals surface area contributed by atoms with E-state index in [0.29, 0.717) is 0 Å². The van der Waals surface area contributed by atoms with Crippen LogP contribution in [0.2, 0.25) is 5.02 Å². The SMILES string of the molecule is Nc1ccc(OS(=O)(=O)C(F)(F)F)c(Cl)c1. The van der Waals surface area contributed by atoms with E-state index >= 15 is 0 Å². The monoisotopic (exact) mass is 275 g/mol. The first kappa shape index (κ1) is 12.9. The molecule has 1 aromatic carbocycles. The zero-order valence-electron chi connectivity index (χ0n) is 7.45. The minimum atomic E-state index is -5.71. The van der Waals surface area contributed by atoms with Crippen molar-refractivity contribution in [2.45, 2.75) is 5.51 Å². The third kappa shape index (κ3) is 2.70. The van der Waals surface area contributed by atoms with Crippen LogP contribution in [0.3, 0.4) is 0 Å². The van der Waals surface area contributed by atoms with Crippen LogP contribution in [0.1, 0.15) is 0 Å². The van der Waals surface area contributed by atoms with Gasteiger partial charge < -0.3 is 9.92 Å². The van der Waals surface area contributed by atoms with Gasteiger partial charge in [-0.2, -0.15) is 21.6 Å². The Morgan fingerprint density at radius 3 is 2.31 bits per heavy atom. The van der Waals surface area contributed by atoms with Crippen LogP contribution >= 0.6 is 11.6 Å². The van der Waals surface area contributed by atoms with Crippen LogP contribution in [-0.2, 0) is 10.1 Å². The van der Waals surface area contributed by atoms with Gasteiger partial charge in [0.1, 0.15) is 0 Å². The van der Waals surface area contributed by atoms with Crippen molar-refractivity contribution in [1.29, 1.82) is 0 Å². The summed E-state index contributed by atoms with van der Waals surface area (Å²) in [5.41, 5.74) is -0.0686. The van der Waals surface area contributed by atoms with E-state index in [1.165, 1.54) is 0 Å². The molecule has 0 aliphatic rings. The number of alkyl halides is 3. The fourth-order valence-electron chi connectivity index (χ4n) is 0.750. The first-order chi connectivity index (χ1) is 7.13. The lowest BCUT2D eigenvalue weighted by Gasteiger charge is -2.10. The third-order valence-electron chi connectivity index (χ3n) is 1.44. The molecule has 4 nitrogen and oxygen atoms in total. The van der Waals surface area contributed by atoms with Crippen LogP contribution in [-0.4, -0.2) is 13.9 Å². The summed E-state index contributed by atoms with van der Waals surface area (Å²) in [7, 11) is -5.71. The van der Waals surface area contributed by atoms with Crippen LogP contribution in [0.5, 0.6) is 5.75 Å². The molecule has 0 bridgehead atoms. The summed E-state index contributed by atoms with van der Waals surface area (Å²) in [4.78, 5) is 0. The number of hydrogen-bond acceptors (Lipinski definition) is 4. The Balaban J connectivity index is 3.07. The van der Waals surface area contributed by atoms with Gasteiger partial charge in [0.2, 0.25) is 0 Å². The van der Waals surface area contributed by atoms with E-state index in [4.69, 9.17) is 17.3 Å². The van der Waals surface area contributed by atoms with Gasteiger partial charge in [-0.05, 0) is 18.2 Å². The van der Waals surface area contributed by atoms with Gasteiger partial charge >= 0.3 is 15.6 Å². The zero-order valence-corrected chi connectivity index (χ0v) is 9.03. The number of benzene rings is 1. The van der Waals surface area contributed by atoms with Crippen molar-refractivity contribution in [2.24, 2.45) is 0 Å². The molecular formula is C7H5ClF3NO3S. The number of hydrogen-bond donors (Lipinski definition) is 1. The van der Waals surface area contributed by atoms with Gasteiger partial charge in [0, 0.05) is 5.69 Å². The fourth-order valence-corrected chi connectivity index (χ4v) is 1.50. The number of rotatable bonds is 2. The standard InChI is InChI=1S/C7H5ClF3NO3S/c8-5-3-4(12)1-2-6(5)15-16(13,14)7(9,10)11/h1-3H,12H2. The molecule has 0 fully saturated rings. The van der Waals surface area contributed by atoms with Crippen LogP contribution in [0.4, 0.5) is 18.9 Å². The maximum Gasteiger partial charge on any atom is 0.534 e. The normalized spacial score (nSPS) is 12.5. The average molecular weight is 276 g/mol. The first-order valence-corrected chi connectivity index (χ1v) is 5.48. The lowest BCUT2D eigenvalue weighted by atomic mass is 10.3. The van der Waals surface area contributed by atoms with Gasteiger partial charge in [-0.3, -0.25) is 0 Å². The van der Waals surface area contributed by atoms with E-state index in [1.807, 2.05) is 0 Å². The Labute approximate surface area is 93.9 Å². The Morgan fingerprint density at radius 2 is 1.88 bits per heavy atom. The lowest BCUT2D eigenvalue weighted by Crippen LogP contribution is -2.28. The summed E-state index contributed by atoms with van der Waals surface area (Å²) in [5, 5.41) is -0.326. The molecule has 1 rings (SSSR count). The van der Waals surface area contributed by atoms with Gasteiger partial charge in [0.05, 0.1) is 5.02 Å². The van der Waals surface area contributed by atoms with E-state index in [9.17, 15) is 21.6 Å². The van der Waals surface area contributed by atoms with Gasteiger partial charge in [-0.25, -0.2) is 0 Å². The van der Waals surface area contributed by atoms with Gasteiger partial charge in [-0.1, -0.05) is 11.6 Å². The molecule has 0 heterocycles. The summed E-state index contributed by atoms with van der Waals surface area (Å²) in [6, 6.07) is 3.16. The fraction of sp³-hybridized carbons (Fsp3) is 0.143. The molecule has 1 aromatic rings. The van der Waals surface area contributed by atoms with Crippen LogP contribution in [0, 0.1) is 0 Å². The Morgan fingerprint density at radius 1 is 1.31 bits per heavy atom. The smallest absolute Gasteiger partial charge is 0.399 e. The van der Waals surface area contributed by atoms with Crippen LogP contribution < -0.4 is 9.92 Å². The molecular weight excluding hydrogens is 271 g/mol. The summed E-state index contributed by atoms with van der Waals surface area (Å²) in [6.45, 7) is 0. The summed E-state index contributed by atoms with van der Waals surface area (Å²) in [6.07, 6.45) is 0. The van der Waals surface area contributed by atoms with E-state index in [-0.39, 0.29) is 10.7 Å². The molecule has 0 atom stereocenters. The highest BCUT2D eigenvalue weighted by molar-refractivity contribution is 7.88. The van der Waals surface area contributed by atoms with Crippen molar-refractivity contribution in [3.63, 3.8) is 0 Å². The lowest BCUT2D eigenvalue weighted by molar-refractivity contribution is -0.0500. The van der Waals surface area contributed by atoms with Gasteiger partial charge in [0.15, 0.2) is 5.75 Å². The number of nitrogen functional groups attached to an aromatic ring is 1. The molecule has 9 heteroatoms. The molecule has 2 N–H and O–H groups in total. The number of nitrogens with two attached hydrogens (primary N) is 1. The molecule has 0 aliphatic carbocycles. The van der Waals surface area contributed by atoms with Crippen molar-refractivity contribution in [3.05, 3.63) is 23.2 Å². The minimum Gasteiger partial charge on any atom is -0.399 e. The predicted octanol–water partition coefficient (Wildman–Crippen LogP) is 2.15. The topological polar surface area (TPSA) is 69.4 Å². The van der Waals surface area contributed by atoms with Crippen LogP contribution in [0.25, 0.3) is 0 Å². The van der Waals surface area contributed by atoms with E-state index in [1.54, 1.807) is 0 Å². The Bertz CT molecular complexity index is 500. The van der Waals surface area contributed by atoms with Crippen molar-refractivity contribution < 1.29 is 25.8 Å². The highest BCUT2D eigenvalue weighted by Crippen LogP contribution is 2.32. The molecule has 0 spiro atoms. The molecule has 0 unspecified atom stereocenters. The Kier molecular flexibility index (Phi) is 3.25. The summed E-state index contributed by atoms with van der Waals surface area (Å²) in [5.74, 6) is -0.631.